The molecule has 6 rings (SSSR count). The minimum Gasteiger partial charge on any atom is -0.390 e. The second-order valence-corrected chi connectivity index (χ2v) is 9.59. The summed E-state index contributed by atoms with van der Waals surface area (Å²) in [5, 5.41) is 15.2. The van der Waals surface area contributed by atoms with Crippen molar-refractivity contribution in [1.82, 2.24) is 20.0 Å². The highest BCUT2D eigenvalue weighted by atomic mass is 16.5. The molecule has 1 aromatic heterocycles. The Bertz CT molecular complexity index is 718. The van der Waals surface area contributed by atoms with Crippen molar-refractivity contribution >= 4 is 5.91 Å². The molecule has 0 spiro atoms. The van der Waals surface area contributed by atoms with Gasteiger partial charge in [0.05, 0.1) is 29.4 Å². The number of hydrogen-bond donors (Lipinski definition) is 1. The van der Waals surface area contributed by atoms with Crippen LogP contribution in [0, 0.1) is 17.8 Å². The first-order valence-electron chi connectivity index (χ1n) is 10.6. The molecule has 2 unspecified atom stereocenters. The molecular weight excluding hydrogens is 356 g/mol. The lowest BCUT2D eigenvalue weighted by Crippen LogP contribution is -2.67. The summed E-state index contributed by atoms with van der Waals surface area (Å²) < 4.78 is 5.93. The van der Waals surface area contributed by atoms with E-state index in [1.54, 1.807) is 12.4 Å². The van der Waals surface area contributed by atoms with Crippen molar-refractivity contribution in [2.75, 3.05) is 13.1 Å². The Hall–Kier alpha value is -1.57. The maximum atomic E-state index is 13.7. The van der Waals surface area contributed by atoms with Gasteiger partial charge in [-0.15, -0.1) is 0 Å². The topological polar surface area (TPSA) is 78.8 Å². The summed E-state index contributed by atoms with van der Waals surface area (Å²) in [5.41, 5.74) is 0.0187. The predicted octanol–water partition coefficient (Wildman–Crippen LogP) is 1.88. The molecule has 5 aliphatic rings. The van der Waals surface area contributed by atoms with Crippen LogP contribution in [0.1, 0.15) is 56.3 Å². The van der Waals surface area contributed by atoms with Gasteiger partial charge in [-0.25, -0.2) is 15.0 Å². The fourth-order valence-corrected chi connectivity index (χ4v) is 6.67. The Balaban J connectivity index is 1.50. The van der Waals surface area contributed by atoms with E-state index >= 15 is 0 Å². The average Bonchev–Trinajstić information content (AvgIpc) is 2.62. The van der Waals surface area contributed by atoms with Crippen molar-refractivity contribution in [1.29, 1.82) is 0 Å². The zero-order valence-corrected chi connectivity index (χ0v) is 16.7. The third kappa shape index (κ3) is 3.13. The monoisotopic (exact) mass is 386 g/mol. The van der Waals surface area contributed by atoms with Gasteiger partial charge < -0.3 is 9.84 Å². The van der Waals surface area contributed by atoms with E-state index in [4.69, 9.17) is 4.74 Å². The zero-order chi connectivity index (χ0) is 19.5. The van der Waals surface area contributed by atoms with Crippen molar-refractivity contribution in [2.45, 2.75) is 69.8 Å². The lowest BCUT2D eigenvalue weighted by Gasteiger charge is -2.61. The number of aromatic nitrogens is 2. The van der Waals surface area contributed by atoms with Crippen LogP contribution in [0.5, 0.6) is 0 Å². The third-order valence-electron chi connectivity index (χ3n) is 7.19. The molecule has 4 atom stereocenters. The molecular formula is C21H30N4O3. The first-order valence-corrected chi connectivity index (χ1v) is 10.6. The van der Waals surface area contributed by atoms with Crippen LogP contribution >= 0.6 is 0 Å². The van der Waals surface area contributed by atoms with E-state index in [1.165, 1.54) is 6.33 Å². The van der Waals surface area contributed by atoms with E-state index in [0.717, 1.165) is 32.1 Å². The predicted molar refractivity (Wildman–Crippen MR) is 102 cm³/mol. The Labute approximate surface area is 166 Å². The molecule has 1 saturated heterocycles. The van der Waals surface area contributed by atoms with Crippen molar-refractivity contribution in [3.63, 3.8) is 0 Å². The van der Waals surface area contributed by atoms with Crippen LogP contribution in [0.15, 0.2) is 18.7 Å². The number of nitrogens with zero attached hydrogens (tertiary/aromatic N) is 4. The molecule has 28 heavy (non-hydrogen) atoms. The summed E-state index contributed by atoms with van der Waals surface area (Å²) in [4.78, 5) is 21.8. The number of carbonyl (C=O) groups is 1. The number of aliphatic hydroxyl groups is 1. The van der Waals surface area contributed by atoms with Gasteiger partial charge in [-0.2, -0.15) is 0 Å². The lowest BCUT2D eigenvalue weighted by atomic mass is 9.52. The molecule has 7 heteroatoms. The SMILES string of the molecule is C[C@@H]1CN(N(C(=O)c2cncnc2)C2C3CC4CC2CC(O)(C4)C3)C[C@@H](C)O1. The highest BCUT2D eigenvalue weighted by Gasteiger charge is 2.57. The molecule has 7 nitrogen and oxygen atoms in total. The second kappa shape index (κ2) is 6.75. The molecule has 152 valence electrons. The van der Waals surface area contributed by atoms with Crippen LogP contribution in [-0.4, -0.2) is 67.9 Å². The minimum atomic E-state index is -0.511. The lowest BCUT2D eigenvalue weighted by molar-refractivity contribution is -0.204. The second-order valence-electron chi connectivity index (χ2n) is 9.59. The van der Waals surface area contributed by atoms with E-state index in [9.17, 15) is 9.90 Å². The van der Waals surface area contributed by atoms with Crippen molar-refractivity contribution in [2.24, 2.45) is 17.8 Å². The smallest absolute Gasteiger partial charge is 0.271 e. The number of hydrogen-bond acceptors (Lipinski definition) is 6. The maximum absolute atomic E-state index is 13.7. The van der Waals surface area contributed by atoms with E-state index < -0.39 is 5.60 Å². The largest absolute Gasteiger partial charge is 0.390 e. The summed E-state index contributed by atoms with van der Waals surface area (Å²) in [5.74, 6) is 1.31. The summed E-state index contributed by atoms with van der Waals surface area (Å²) in [6.45, 7) is 5.54. The average molecular weight is 386 g/mol. The van der Waals surface area contributed by atoms with Crippen LogP contribution in [-0.2, 0) is 4.74 Å². The first-order chi connectivity index (χ1) is 13.4. The van der Waals surface area contributed by atoms with Gasteiger partial charge in [-0.1, -0.05) is 0 Å². The quantitative estimate of drug-likeness (QED) is 0.855. The number of hydrazine groups is 1. The molecule has 0 radical (unpaired) electrons. The highest BCUT2D eigenvalue weighted by Crippen LogP contribution is 2.57. The third-order valence-corrected chi connectivity index (χ3v) is 7.19. The van der Waals surface area contributed by atoms with Crippen LogP contribution in [0.3, 0.4) is 0 Å². The number of carbonyl (C=O) groups excluding carboxylic acids is 1. The van der Waals surface area contributed by atoms with Gasteiger partial charge in [-0.05, 0) is 63.7 Å². The van der Waals surface area contributed by atoms with E-state index in [1.807, 2.05) is 5.01 Å². The van der Waals surface area contributed by atoms with Crippen LogP contribution in [0.25, 0.3) is 0 Å². The van der Waals surface area contributed by atoms with Crippen molar-refractivity contribution in [3.05, 3.63) is 24.3 Å². The number of amides is 1. The normalized spacial score (nSPS) is 42.5. The zero-order valence-electron chi connectivity index (χ0n) is 16.7. The van der Waals surface area contributed by atoms with E-state index in [0.29, 0.717) is 36.4 Å². The van der Waals surface area contributed by atoms with E-state index in [2.05, 4.69) is 28.8 Å². The van der Waals surface area contributed by atoms with Gasteiger partial charge in [0.15, 0.2) is 0 Å². The van der Waals surface area contributed by atoms with Crippen molar-refractivity contribution < 1.29 is 14.6 Å². The van der Waals surface area contributed by atoms with Crippen molar-refractivity contribution in [3.8, 4) is 0 Å². The maximum Gasteiger partial charge on any atom is 0.271 e. The Morgan fingerprint density at radius 1 is 1.14 bits per heavy atom. The number of morpholine rings is 1. The van der Waals surface area contributed by atoms with Gasteiger partial charge in [-0.3, -0.25) is 9.80 Å². The molecule has 4 saturated carbocycles. The van der Waals surface area contributed by atoms with Crippen LogP contribution < -0.4 is 0 Å². The van der Waals surface area contributed by atoms with Gasteiger partial charge in [0.25, 0.3) is 5.91 Å². The molecule has 4 aliphatic carbocycles. The van der Waals surface area contributed by atoms with Gasteiger partial charge in [0.2, 0.25) is 0 Å². The van der Waals surface area contributed by atoms with Crippen LogP contribution in [0.4, 0.5) is 0 Å². The minimum absolute atomic E-state index is 0.0219. The Morgan fingerprint density at radius 3 is 2.32 bits per heavy atom. The molecule has 0 aromatic carbocycles. The molecule has 1 N–H and O–H groups in total. The number of ether oxygens (including phenoxy) is 1. The number of rotatable bonds is 3. The fraction of sp³-hybridized carbons (Fsp3) is 0.762. The molecule has 4 bridgehead atoms. The Kier molecular flexibility index (Phi) is 4.45. The molecule has 1 aromatic rings. The van der Waals surface area contributed by atoms with Crippen LogP contribution in [0.2, 0.25) is 0 Å². The molecule has 5 fully saturated rings. The summed E-state index contributed by atoms with van der Waals surface area (Å²) in [6, 6.07) is 0.141. The molecule has 2 heterocycles. The fourth-order valence-electron chi connectivity index (χ4n) is 6.67. The van der Waals surface area contributed by atoms with Gasteiger partial charge in [0.1, 0.15) is 6.33 Å². The van der Waals surface area contributed by atoms with Gasteiger partial charge in [0, 0.05) is 25.5 Å². The summed E-state index contributed by atoms with van der Waals surface area (Å²) in [6.07, 6.45) is 9.64. The van der Waals surface area contributed by atoms with E-state index in [-0.39, 0.29) is 24.2 Å². The molecule has 1 amide bonds. The van der Waals surface area contributed by atoms with Gasteiger partial charge >= 0.3 is 0 Å². The standard InChI is InChI=1S/C21H30N4O3/c1-13-10-24(11-14(2)28-13)25(20(26)18-8-22-12-23-9-18)19-16-3-15-4-17(19)7-21(27,5-15)6-16/h8-9,12-17,19,27H,3-7,10-11H2,1-2H3/t13-,14-,15?,16?,17?,19?,21?/m1/s1. The molecule has 1 aliphatic heterocycles. The highest BCUT2D eigenvalue weighted by molar-refractivity contribution is 5.93. The summed E-state index contributed by atoms with van der Waals surface area (Å²) in [7, 11) is 0. The first kappa shape index (κ1) is 18.5. The Morgan fingerprint density at radius 2 is 1.75 bits per heavy atom. The summed E-state index contributed by atoms with van der Waals surface area (Å²) >= 11 is 0.